The van der Waals surface area contributed by atoms with Gasteiger partial charge in [-0.05, 0) is 67.6 Å². The van der Waals surface area contributed by atoms with Gasteiger partial charge < -0.3 is 9.47 Å². The molecule has 0 heterocycles. The van der Waals surface area contributed by atoms with Crippen molar-refractivity contribution >= 4 is 11.9 Å². The first-order valence-electron chi connectivity index (χ1n) is 10.3. The normalized spacial score (nSPS) is 10.4. The van der Waals surface area contributed by atoms with Crippen molar-refractivity contribution in [3.8, 4) is 22.6 Å². The number of rotatable bonds is 10. The van der Waals surface area contributed by atoms with Crippen LogP contribution in [0.2, 0.25) is 0 Å². The number of aryl methyl sites for hydroxylation is 1. The number of esters is 2. The molecule has 0 radical (unpaired) electrons. The summed E-state index contributed by atoms with van der Waals surface area (Å²) < 4.78 is 10.7. The zero-order valence-electron chi connectivity index (χ0n) is 18.1. The number of hydrogen-bond acceptors (Lipinski definition) is 4. The van der Waals surface area contributed by atoms with Gasteiger partial charge in [-0.1, -0.05) is 57.5 Å². The first kappa shape index (κ1) is 23.1. The maximum atomic E-state index is 11.9. The summed E-state index contributed by atoms with van der Waals surface area (Å²) in [5.74, 6) is 0.124. The SMILES string of the molecule is C=C(C)C(=O)Oc1ccc(-c2ccc(OC(=O)C(=C)C)cc2CCCCCC)cc1. The molecule has 0 aliphatic carbocycles. The second-order valence-corrected chi connectivity index (χ2v) is 7.49. The van der Waals surface area contributed by atoms with Gasteiger partial charge in [0.15, 0.2) is 0 Å². The Labute approximate surface area is 179 Å². The van der Waals surface area contributed by atoms with Gasteiger partial charge >= 0.3 is 11.9 Å². The number of benzene rings is 2. The molecule has 0 aromatic heterocycles. The molecule has 0 bridgehead atoms. The molecule has 0 atom stereocenters. The molecular formula is C26H30O4. The van der Waals surface area contributed by atoms with Gasteiger partial charge in [-0.15, -0.1) is 0 Å². The van der Waals surface area contributed by atoms with Crippen LogP contribution in [0.3, 0.4) is 0 Å². The minimum absolute atomic E-state index is 0.355. The van der Waals surface area contributed by atoms with Crippen LogP contribution in [0.1, 0.15) is 52.0 Å². The fourth-order valence-corrected chi connectivity index (χ4v) is 2.96. The van der Waals surface area contributed by atoms with E-state index in [-0.39, 0.29) is 0 Å². The van der Waals surface area contributed by atoms with Crippen molar-refractivity contribution in [2.24, 2.45) is 0 Å². The summed E-state index contributed by atoms with van der Waals surface area (Å²) in [6, 6.07) is 13.1. The summed E-state index contributed by atoms with van der Waals surface area (Å²) >= 11 is 0. The highest BCUT2D eigenvalue weighted by atomic mass is 16.5. The predicted molar refractivity (Wildman–Crippen MR) is 121 cm³/mol. The van der Waals surface area contributed by atoms with Crippen molar-refractivity contribution < 1.29 is 19.1 Å². The van der Waals surface area contributed by atoms with Crippen LogP contribution in [0.5, 0.6) is 11.5 Å². The second kappa shape index (κ2) is 11.1. The third kappa shape index (κ3) is 6.73. The number of hydrogen-bond donors (Lipinski definition) is 0. The van der Waals surface area contributed by atoms with Gasteiger partial charge in [-0.2, -0.15) is 0 Å². The largest absolute Gasteiger partial charge is 0.423 e. The molecule has 0 amide bonds. The molecule has 158 valence electrons. The molecule has 0 aliphatic rings. The lowest BCUT2D eigenvalue weighted by molar-refractivity contribution is -0.130. The minimum atomic E-state index is -0.442. The van der Waals surface area contributed by atoms with Crippen LogP contribution in [0.4, 0.5) is 0 Å². The molecule has 30 heavy (non-hydrogen) atoms. The standard InChI is InChI=1S/C26H30O4/c1-6-7-8-9-10-21-17-23(30-26(28)19(4)5)15-16-24(21)20-11-13-22(14-12-20)29-25(27)18(2)3/h11-17H,2,4,6-10H2,1,3,5H3. The van der Waals surface area contributed by atoms with E-state index in [0.717, 1.165) is 36.0 Å². The van der Waals surface area contributed by atoms with Crippen molar-refractivity contribution in [2.45, 2.75) is 52.9 Å². The van der Waals surface area contributed by atoms with E-state index in [1.165, 1.54) is 12.8 Å². The van der Waals surface area contributed by atoms with Crippen molar-refractivity contribution in [1.82, 2.24) is 0 Å². The van der Waals surface area contributed by atoms with Gasteiger partial charge in [-0.3, -0.25) is 0 Å². The zero-order chi connectivity index (χ0) is 22.1. The van der Waals surface area contributed by atoms with Crippen LogP contribution >= 0.6 is 0 Å². The van der Waals surface area contributed by atoms with E-state index in [2.05, 4.69) is 20.1 Å². The third-order valence-electron chi connectivity index (χ3n) is 4.66. The summed E-state index contributed by atoms with van der Waals surface area (Å²) in [5, 5.41) is 0. The van der Waals surface area contributed by atoms with Crippen molar-refractivity contribution in [2.75, 3.05) is 0 Å². The van der Waals surface area contributed by atoms with Crippen molar-refractivity contribution in [3.05, 3.63) is 72.3 Å². The Balaban J connectivity index is 2.27. The fraction of sp³-hybridized carbons (Fsp3) is 0.308. The van der Waals surface area contributed by atoms with Crippen LogP contribution in [0.25, 0.3) is 11.1 Å². The molecule has 2 aromatic carbocycles. The lowest BCUT2D eigenvalue weighted by Crippen LogP contribution is -2.08. The monoisotopic (exact) mass is 406 g/mol. The number of ether oxygens (including phenoxy) is 2. The first-order valence-corrected chi connectivity index (χ1v) is 10.3. The van der Waals surface area contributed by atoms with Crippen LogP contribution in [0.15, 0.2) is 66.8 Å². The van der Waals surface area contributed by atoms with E-state index >= 15 is 0 Å². The molecule has 4 heteroatoms. The van der Waals surface area contributed by atoms with E-state index < -0.39 is 11.9 Å². The quantitative estimate of drug-likeness (QED) is 0.197. The molecular weight excluding hydrogens is 376 g/mol. The summed E-state index contributed by atoms with van der Waals surface area (Å²) in [6.07, 6.45) is 5.48. The van der Waals surface area contributed by atoms with Crippen LogP contribution in [-0.4, -0.2) is 11.9 Å². The van der Waals surface area contributed by atoms with Crippen molar-refractivity contribution in [3.63, 3.8) is 0 Å². The van der Waals surface area contributed by atoms with Gasteiger partial charge in [0.1, 0.15) is 11.5 Å². The summed E-state index contributed by atoms with van der Waals surface area (Å²) in [5.41, 5.74) is 3.91. The Morgan fingerprint density at radius 2 is 1.37 bits per heavy atom. The van der Waals surface area contributed by atoms with E-state index in [1.54, 1.807) is 32.0 Å². The third-order valence-corrected chi connectivity index (χ3v) is 4.66. The molecule has 0 saturated carbocycles. The average molecular weight is 407 g/mol. The zero-order valence-corrected chi connectivity index (χ0v) is 18.1. The Bertz CT molecular complexity index is 923. The topological polar surface area (TPSA) is 52.6 Å². The molecule has 0 aliphatic heterocycles. The maximum Gasteiger partial charge on any atom is 0.338 e. The summed E-state index contributed by atoms with van der Waals surface area (Å²) in [6.45, 7) is 12.7. The van der Waals surface area contributed by atoms with Crippen LogP contribution < -0.4 is 9.47 Å². The highest BCUT2D eigenvalue weighted by molar-refractivity contribution is 5.89. The summed E-state index contributed by atoms with van der Waals surface area (Å²) in [7, 11) is 0. The fourth-order valence-electron chi connectivity index (χ4n) is 2.96. The minimum Gasteiger partial charge on any atom is -0.423 e. The van der Waals surface area contributed by atoms with Crippen molar-refractivity contribution in [1.29, 1.82) is 0 Å². The predicted octanol–water partition coefficient (Wildman–Crippen LogP) is 6.44. The maximum absolute atomic E-state index is 11.9. The number of unbranched alkanes of at least 4 members (excludes halogenated alkanes) is 3. The van der Waals surface area contributed by atoms with Gasteiger partial charge in [0.2, 0.25) is 0 Å². The average Bonchev–Trinajstić information content (AvgIpc) is 2.72. The Morgan fingerprint density at radius 1 is 0.800 bits per heavy atom. The van der Waals surface area contributed by atoms with Gasteiger partial charge in [0.25, 0.3) is 0 Å². The van der Waals surface area contributed by atoms with Crippen LogP contribution in [0, 0.1) is 0 Å². The lowest BCUT2D eigenvalue weighted by Gasteiger charge is -2.13. The molecule has 0 saturated heterocycles. The number of carbonyl (C=O) groups is 2. The molecule has 4 nitrogen and oxygen atoms in total. The lowest BCUT2D eigenvalue weighted by atomic mass is 9.95. The van der Waals surface area contributed by atoms with Gasteiger partial charge in [0.05, 0.1) is 0 Å². The van der Waals surface area contributed by atoms with E-state index in [0.29, 0.717) is 22.6 Å². The van der Waals surface area contributed by atoms with E-state index in [9.17, 15) is 9.59 Å². The van der Waals surface area contributed by atoms with E-state index in [1.807, 2.05) is 24.3 Å². The number of carbonyl (C=O) groups excluding carboxylic acids is 2. The molecule has 0 spiro atoms. The Hall–Kier alpha value is -3.14. The summed E-state index contributed by atoms with van der Waals surface area (Å²) in [4.78, 5) is 23.6. The second-order valence-electron chi connectivity index (χ2n) is 7.49. The smallest absolute Gasteiger partial charge is 0.338 e. The molecule has 2 aromatic rings. The van der Waals surface area contributed by atoms with Crippen LogP contribution in [-0.2, 0) is 16.0 Å². The highest BCUT2D eigenvalue weighted by Gasteiger charge is 2.12. The highest BCUT2D eigenvalue weighted by Crippen LogP contribution is 2.30. The first-order chi connectivity index (χ1) is 14.3. The Kier molecular flexibility index (Phi) is 8.60. The van der Waals surface area contributed by atoms with Gasteiger partial charge in [0, 0.05) is 11.1 Å². The van der Waals surface area contributed by atoms with Gasteiger partial charge in [-0.25, -0.2) is 9.59 Å². The molecule has 2 rings (SSSR count). The molecule has 0 fully saturated rings. The Morgan fingerprint density at radius 3 is 1.93 bits per heavy atom. The molecule has 0 unspecified atom stereocenters. The van der Waals surface area contributed by atoms with E-state index in [4.69, 9.17) is 9.47 Å². The molecule has 0 N–H and O–H groups in total.